The molecule has 1 N–H and O–H groups in total. The van der Waals surface area contributed by atoms with Gasteiger partial charge in [-0.05, 0) is 18.2 Å². The molecule has 0 amide bonds. The predicted molar refractivity (Wildman–Crippen MR) is 81.1 cm³/mol. The lowest BCUT2D eigenvalue weighted by atomic mass is 10.1. The molecule has 0 aromatic heterocycles. The van der Waals surface area contributed by atoms with E-state index in [2.05, 4.69) is 26.1 Å². The van der Waals surface area contributed by atoms with E-state index in [0.717, 1.165) is 26.2 Å². The van der Waals surface area contributed by atoms with E-state index in [9.17, 15) is 12.8 Å². The maximum absolute atomic E-state index is 13.9. The van der Waals surface area contributed by atoms with Crippen molar-refractivity contribution in [1.82, 2.24) is 14.5 Å². The van der Waals surface area contributed by atoms with Crippen LogP contribution in [0.5, 0.6) is 0 Å². The van der Waals surface area contributed by atoms with Crippen molar-refractivity contribution in [3.05, 3.63) is 28.5 Å². The lowest BCUT2D eigenvalue weighted by Gasteiger charge is -2.45. The van der Waals surface area contributed by atoms with Gasteiger partial charge >= 0.3 is 0 Å². The number of benzene rings is 1. The first-order valence-corrected chi connectivity index (χ1v) is 9.12. The van der Waals surface area contributed by atoms with Crippen molar-refractivity contribution in [2.24, 2.45) is 0 Å². The number of rotatable bonds is 3. The summed E-state index contributed by atoms with van der Waals surface area (Å²) in [6, 6.07) is 4.29. The van der Waals surface area contributed by atoms with Gasteiger partial charge in [-0.3, -0.25) is 4.90 Å². The van der Waals surface area contributed by atoms with Crippen molar-refractivity contribution in [3.8, 4) is 0 Å². The summed E-state index contributed by atoms with van der Waals surface area (Å²) in [5, 5.41) is 3.27. The molecule has 0 radical (unpaired) electrons. The average Bonchev–Trinajstić information content (AvgIpc) is 2.37. The van der Waals surface area contributed by atoms with Gasteiger partial charge in [-0.25, -0.2) is 12.8 Å². The highest BCUT2D eigenvalue weighted by molar-refractivity contribution is 9.10. The molecular formula is C13H17BrFN3O2S. The van der Waals surface area contributed by atoms with E-state index in [-0.39, 0.29) is 10.9 Å². The number of hydrogen-bond acceptors (Lipinski definition) is 4. The van der Waals surface area contributed by atoms with E-state index in [4.69, 9.17) is 0 Å². The summed E-state index contributed by atoms with van der Waals surface area (Å²) in [5.74, 6) is -0.713. The molecule has 2 aliphatic heterocycles. The highest BCUT2D eigenvalue weighted by Gasteiger charge is 2.40. The Kier molecular flexibility index (Phi) is 4.33. The molecule has 3 rings (SSSR count). The largest absolute Gasteiger partial charge is 0.314 e. The standard InChI is InChI=1S/C13H17BrFN3O2S/c14-10-1-2-13(12(15)7-10)21(19,20)18-8-11(9-18)17-5-3-16-4-6-17/h1-2,7,11,16H,3-6,8-9H2. The fourth-order valence-corrected chi connectivity index (χ4v) is 4.61. The van der Waals surface area contributed by atoms with Crippen LogP contribution in [0, 0.1) is 5.82 Å². The molecule has 0 bridgehead atoms. The fourth-order valence-electron chi connectivity index (χ4n) is 2.71. The van der Waals surface area contributed by atoms with E-state index in [1.165, 1.54) is 16.4 Å². The SMILES string of the molecule is O=S(=O)(c1ccc(Br)cc1F)N1CC(N2CCNCC2)C1. The molecule has 5 nitrogen and oxygen atoms in total. The minimum absolute atomic E-state index is 0.246. The summed E-state index contributed by atoms with van der Waals surface area (Å²) in [6.07, 6.45) is 0. The molecule has 21 heavy (non-hydrogen) atoms. The van der Waals surface area contributed by atoms with Gasteiger partial charge in [0.15, 0.2) is 0 Å². The topological polar surface area (TPSA) is 52.7 Å². The molecule has 8 heteroatoms. The summed E-state index contributed by atoms with van der Waals surface area (Å²) in [4.78, 5) is 2.05. The van der Waals surface area contributed by atoms with Crippen LogP contribution in [0.2, 0.25) is 0 Å². The third-order valence-corrected chi connectivity index (χ3v) is 6.37. The van der Waals surface area contributed by atoms with Gasteiger partial charge in [-0.15, -0.1) is 0 Å². The highest BCUT2D eigenvalue weighted by Crippen LogP contribution is 2.27. The van der Waals surface area contributed by atoms with Gasteiger partial charge in [0.1, 0.15) is 10.7 Å². The maximum atomic E-state index is 13.9. The van der Waals surface area contributed by atoms with Gasteiger partial charge in [0.25, 0.3) is 0 Å². The Morgan fingerprint density at radius 1 is 1.24 bits per heavy atom. The molecule has 1 aromatic rings. The van der Waals surface area contributed by atoms with Crippen LogP contribution in [0.15, 0.2) is 27.6 Å². The highest BCUT2D eigenvalue weighted by atomic mass is 79.9. The molecule has 2 fully saturated rings. The lowest BCUT2D eigenvalue weighted by Crippen LogP contribution is -2.63. The Hall–Kier alpha value is -0.540. The number of sulfonamides is 1. The summed E-state index contributed by atoms with van der Waals surface area (Å²) in [7, 11) is -3.73. The first-order valence-electron chi connectivity index (χ1n) is 6.88. The summed E-state index contributed by atoms with van der Waals surface area (Å²) in [5.41, 5.74) is 0. The van der Waals surface area contributed by atoms with E-state index in [0.29, 0.717) is 17.6 Å². The quantitative estimate of drug-likeness (QED) is 0.848. The zero-order chi connectivity index (χ0) is 15.0. The third kappa shape index (κ3) is 3.00. The first kappa shape index (κ1) is 15.4. The molecular weight excluding hydrogens is 361 g/mol. The van der Waals surface area contributed by atoms with E-state index in [1.54, 1.807) is 6.07 Å². The van der Waals surface area contributed by atoms with Crippen molar-refractivity contribution in [3.63, 3.8) is 0 Å². The molecule has 0 spiro atoms. The van der Waals surface area contributed by atoms with Crippen LogP contribution in [-0.4, -0.2) is 62.9 Å². The van der Waals surface area contributed by atoms with E-state index in [1.807, 2.05) is 0 Å². The fraction of sp³-hybridized carbons (Fsp3) is 0.538. The Morgan fingerprint density at radius 3 is 2.52 bits per heavy atom. The second-order valence-electron chi connectivity index (χ2n) is 5.34. The van der Waals surface area contributed by atoms with Crippen molar-refractivity contribution >= 4 is 26.0 Å². The second-order valence-corrected chi connectivity index (χ2v) is 8.16. The normalized spacial score (nSPS) is 22.2. The Bertz CT molecular complexity index is 628. The lowest BCUT2D eigenvalue weighted by molar-refractivity contribution is 0.0772. The summed E-state index contributed by atoms with van der Waals surface area (Å²) in [6.45, 7) is 4.63. The van der Waals surface area contributed by atoms with Gasteiger partial charge in [0.2, 0.25) is 10.0 Å². The maximum Gasteiger partial charge on any atom is 0.246 e. The van der Waals surface area contributed by atoms with E-state index < -0.39 is 15.8 Å². The monoisotopic (exact) mass is 377 g/mol. The van der Waals surface area contributed by atoms with Crippen LogP contribution in [0.4, 0.5) is 4.39 Å². The van der Waals surface area contributed by atoms with Gasteiger partial charge in [0.05, 0.1) is 0 Å². The van der Waals surface area contributed by atoms with E-state index >= 15 is 0 Å². The molecule has 1 aromatic carbocycles. The van der Waals surface area contributed by atoms with Gasteiger partial charge in [-0.1, -0.05) is 15.9 Å². The Morgan fingerprint density at radius 2 is 1.90 bits per heavy atom. The Balaban J connectivity index is 1.70. The molecule has 0 atom stereocenters. The molecule has 0 saturated carbocycles. The van der Waals surface area contributed by atoms with Gasteiger partial charge in [0, 0.05) is 49.8 Å². The van der Waals surface area contributed by atoms with Gasteiger partial charge < -0.3 is 5.32 Å². The molecule has 2 heterocycles. The Labute approximate surface area is 132 Å². The van der Waals surface area contributed by atoms with Crippen molar-refractivity contribution in [1.29, 1.82) is 0 Å². The molecule has 116 valence electrons. The zero-order valence-corrected chi connectivity index (χ0v) is 13.8. The molecule has 0 unspecified atom stereocenters. The van der Waals surface area contributed by atoms with Crippen LogP contribution < -0.4 is 5.32 Å². The average molecular weight is 378 g/mol. The van der Waals surface area contributed by atoms with Crippen LogP contribution in [0.25, 0.3) is 0 Å². The zero-order valence-electron chi connectivity index (χ0n) is 11.4. The number of halogens is 2. The molecule has 0 aliphatic carbocycles. The van der Waals surface area contributed by atoms with Crippen molar-refractivity contribution < 1.29 is 12.8 Å². The van der Waals surface area contributed by atoms with Crippen LogP contribution in [0.3, 0.4) is 0 Å². The molecule has 2 saturated heterocycles. The van der Waals surface area contributed by atoms with Crippen LogP contribution >= 0.6 is 15.9 Å². The number of nitrogens with one attached hydrogen (secondary N) is 1. The van der Waals surface area contributed by atoms with Gasteiger partial charge in [-0.2, -0.15) is 4.31 Å². The predicted octanol–water partition coefficient (Wildman–Crippen LogP) is 0.866. The smallest absolute Gasteiger partial charge is 0.246 e. The number of piperazine rings is 1. The first-order chi connectivity index (χ1) is 9.98. The number of hydrogen-bond donors (Lipinski definition) is 1. The van der Waals surface area contributed by atoms with Crippen molar-refractivity contribution in [2.75, 3.05) is 39.3 Å². The summed E-state index contributed by atoms with van der Waals surface area (Å²) < 4.78 is 40.6. The minimum atomic E-state index is -3.73. The minimum Gasteiger partial charge on any atom is -0.314 e. The third-order valence-electron chi connectivity index (χ3n) is 4.01. The molecule has 2 aliphatic rings. The van der Waals surface area contributed by atoms with Crippen LogP contribution in [0.1, 0.15) is 0 Å². The number of nitrogens with zero attached hydrogens (tertiary/aromatic N) is 2. The van der Waals surface area contributed by atoms with Crippen molar-refractivity contribution in [2.45, 2.75) is 10.9 Å². The second kappa shape index (κ2) is 5.92. The summed E-state index contributed by atoms with van der Waals surface area (Å²) >= 11 is 3.13. The van der Waals surface area contributed by atoms with Crippen LogP contribution in [-0.2, 0) is 10.0 Å².